The first-order valence-electron chi connectivity index (χ1n) is 7.83. The van der Waals surface area contributed by atoms with Gasteiger partial charge in [0.25, 0.3) is 0 Å². The van der Waals surface area contributed by atoms with E-state index in [1.807, 2.05) is 12.1 Å². The van der Waals surface area contributed by atoms with Crippen LogP contribution in [0.1, 0.15) is 27.7 Å². The zero-order valence-electron chi connectivity index (χ0n) is 13.9. The molecule has 0 aliphatic rings. The van der Waals surface area contributed by atoms with E-state index >= 15 is 0 Å². The highest BCUT2D eigenvalue weighted by Crippen LogP contribution is 2.16. The van der Waals surface area contributed by atoms with E-state index < -0.39 is 0 Å². The Balaban J connectivity index is 2.28. The molecule has 0 bridgehead atoms. The molecule has 5 heteroatoms. The van der Waals surface area contributed by atoms with Gasteiger partial charge in [0, 0.05) is 11.1 Å². The summed E-state index contributed by atoms with van der Waals surface area (Å²) in [5.74, 6) is 1.27. The summed E-state index contributed by atoms with van der Waals surface area (Å²) in [5, 5.41) is 3.53. The van der Waals surface area contributed by atoms with Crippen LogP contribution < -0.4 is 10.1 Å². The molecule has 1 atom stereocenters. The van der Waals surface area contributed by atoms with Gasteiger partial charge in [0.1, 0.15) is 12.4 Å². The number of rotatable bonds is 9. The summed E-state index contributed by atoms with van der Waals surface area (Å²) in [5.41, 5.74) is 0. The van der Waals surface area contributed by atoms with Gasteiger partial charge in [0.15, 0.2) is 0 Å². The number of halogens is 1. The molecule has 1 N–H and O–H groups in total. The SMILES string of the molecule is CCN(CC(=O)NCCOc1cccc(Cl)c1)C(C)C(C)C. The summed E-state index contributed by atoms with van der Waals surface area (Å²) in [7, 11) is 0. The minimum absolute atomic E-state index is 0.0315. The summed E-state index contributed by atoms with van der Waals surface area (Å²) >= 11 is 5.88. The summed E-state index contributed by atoms with van der Waals surface area (Å²) in [4.78, 5) is 14.2. The van der Waals surface area contributed by atoms with Crippen LogP contribution in [0.15, 0.2) is 24.3 Å². The molecule has 0 radical (unpaired) electrons. The van der Waals surface area contributed by atoms with Gasteiger partial charge in [-0.05, 0) is 37.6 Å². The second-order valence-corrected chi connectivity index (χ2v) is 6.14. The molecule has 4 nitrogen and oxygen atoms in total. The van der Waals surface area contributed by atoms with Gasteiger partial charge in [-0.25, -0.2) is 0 Å². The van der Waals surface area contributed by atoms with Gasteiger partial charge >= 0.3 is 0 Å². The van der Waals surface area contributed by atoms with Gasteiger partial charge in [0.05, 0.1) is 13.1 Å². The van der Waals surface area contributed by atoms with Crippen LogP contribution >= 0.6 is 11.6 Å². The van der Waals surface area contributed by atoms with Crippen molar-refractivity contribution in [1.29, 1.82) is 0 Å². The zero-order chi connectivity index (χ0) is 16.5. The normalized spacial score (nSPS) is 12.5. The number of carbonyl (C=O) groups excluding carboxylic acids is 1. The molecule has 0 fully saturated rings. The number of hydrogen-bond acceptors (Lipinski definition) is 3. The molecule has 0 saturated carbocycles. The lowest BCUT2D eigenvalue weighted by molar-refractivity contribution is -0.123. The number of nitrogens with zero attached hydrogens (tertiary/aromatic N) is 1. The van der Waals surface area contributed by atoms with Crippen molar-refractivity contribution in [3.05, 3.63) is 29.3 Å². The highest BCUT2D eigenvalue weighted by atomic mass is 35.5. The Kier molecular flexibility index (Phi) is 8.28. The minimum Gasteiger partial charge on any atom is -0.492 e. The number of benzene rings is 1. The summed E-state index contributed by atoms with van der Waals surface area (Å²) < 4.78 is 5.54. The highest BCUT2D eigenvalue weighted by Gasteiger charge is 2.17. The van der Waals surface area contributed by atoms with Crippen LogP contribution in [0.3, 0.4) is 0 Å². The molecule has 1 unspecified atom stereocenters. The van der Waals surface area contributed by atoms with E-state index in [4.69, 9.17) is 16.3 Å². The fraction of sp³-hybridized carbons (Fsp3) is 0.588. The molecule has 1 aromatic carbocycles. The van der Waals surface area contributed by atoms with E-state index in [0.29, 0.717) is 42.4 Å². The second-order valence-electron chi connectivity index (χ2n) is 5.70. The molecule has 0 heterocycles. The Morgan fingerprint density at radius 2 is 2.09 bits per heavy atom. The van der Waals surface area contributed by atoms with Crippen molar-refractivity contribution in [3.63, 3.8) is 0 Å². The van der Waals surface area contributed by atoms with E-state index in [1.54, 1.807) is 12.1 Å². The van der Waals surface area contributed by atoms with Gasteiger partial charge in [0.2, 0.25) is 5.91 Å². The first-order valence-corrected chi connectivity index (χ1v) is 8.21. The Morgan fingerprint density at radius 3 is 2.68 bits per heavy atom. The van der Waals surface area contributed by atoms with Crippen LogP contribution in [0.4, 0.5) is 0 Å². The molecule has 0 aromatic heterocycles. The third kappa shape index (κ3) is 6.67. The predicted molar refractivity (Wildman–Crippen MR) is 91.5 cm³/mol. The molecule has 0 aliphatic heterocycles. The predicted octanol–water partition coefficient (Wildman–Crippen LogP) is 3.20. The van der Waals surface area contributed by atoms with E-state index in [0.717, 1.165) is 6.54 Å². The molecular formula is C17H27ClN2O2. The fourth-order valence-corrected chi connectivity index (χ4v) is 2.30. The van der Waals surface area contributed by atoms with E-state index in [1.165, 1.54) is 0 Å². The van der Waals surface area contributed by atoms with Gasteiger partial charge in [-0.15, -0.1) is 0 Å². The summed E-state index contributed by atoms with van der Waals surface area (Å²) in [6.07, 6.45) is 0. The number of likely N-dealkylation sites (N-methyl/N-ethyl adjacent to an activating group) is 1. The van der Waals surface area contributed by atoms with Crippen molar-refractivity contribution in [2.24, 2.45) is 5.92 Å². The topological polar surface area (TPSA) is 41.6 Å². The lowest BCUT2D eigenvalue weighted by Crippen LogP contribution is -2.44. The summed E-state index contributed by atoms with van der Waals surface area (Å²) in [6, 6.07) is 7.62. The molecule has 0 aliphatic carbocycles. The molecule has 124 valence electrons. The summed E-state index contributed by atoms with van der Waals surface area (Å²) in [6.45, 7) is 10.8. The number of nitrogens with one attached hydrogen (secondary N) is 1. The Labute approximate surface area is 138 Å². The first-order chi connectivity index (χ1) is 10.4. The van der Waals surface area contributed by atoms with Gasteiger partial charge in [-0.3, -0.25) is 9.69 Å². The Bertz CT molecular complexity index is 466. The molecule has 1 aromatic rings. The largest absolute Gasteiger partial charge is 0.492 e. The van der Waals surface area contributed by atoms with Gasteiger partial charge in [-0.2, -0.15) is 0 Å². The van der Waals surface area contributed by atoms with Crippen LogP contribution in [0.2, 0.25) is 5.02 Å². The van der Waals surface area contributed by atoms with Crippen LogP contribution in [0.5, 0.6) is 5.75 Å². The highest BCUT2D eigenvalue weighted by molar-refractivity contribution is 6.30. The fourth-order valence-electron chi connectivity index (χ4n) is 2.12. The van der Waals surface area contributed by atoms with E-state index in [-0.39, 0.29) is 5.91 Å². The second kappa shape index (κ2) is 9.70. The first kappa shape index (κ1) is 18.8. The third-order valence-corrected chi connectivity index (χ3v) is 4.02. The molecular weight excluding hydrogens is 300 g/mol. The number of amides is 1. The number of carbonyl (C=O) groups is 1. The van der Waals surface area contributed by atoms with E-state index in [9.17, 15) is 4.79 Å². The van der Waals surface area contributed by atoms with Crippen molar-refractivity contribution in [1.82, 2.24) is 10.2 Å². The lowest BCUT2D eigenvalue weighted by atomic mass is 10.0. The van der Waals surface area contributed by atoms with Gasteiger partial charge < -0.3 is 10.1 Å². The van der Waals surface area contributed by atoms with Crippen molar-refractivity contribution < 1.29 is 9.53 Å². The molecule has 22 heavy (non-hydrogen) atoms. The third-order valence-electron chi connectivity index (χ3n) is 3.78. The monoisotopic (exact) mass is 326 g/mol. The van der Waals surface area contributed by atoms with Crippen LogP contribution in [0, 0.1) is 5.92 Å². The molecule has 1 rings (SSSR count). The van der Waals surface area contributed by atoms with Crippen LogP contribution in [0.25, 0.3) is 0 Å². The molecule has 0 spiro atoms. The van der Waals surface area contributed by atoms with Crippen molar-refractivity contribution in [2.45, 2.75) is 33.7 Å². The van der Waals surface area contributed by atoms with Crippen molar-refractivity contribution in [2.75, 3.05) is 26.2 Å². The molecule has 0 saturated heterocycles. The van der Waals surface area contributed by atoms with E-state index in [2.05, 4.69) is 37.9 Å². The quantitative estimate of drug-likeness (QED) is 0.708. The Hall–Kier alpha value is -1.26. The average Bonchev–Trinajstić information content (AvgIpc) is 2.48. The van der Waals surface area contributed by atoms with Crippen molar-refractivity contribution in [3.8, 4) is 5.75 Å². The zero-order valence-corrected chi connectivity index (χ0v) is 14.7. The number of hydrogen-bond donors (Lipinski definition) is 1. The standard InChI is InChI=1S/C17H27ClN2O2/c1-5-20(14(4)13(2)3)12-17(21)19-9-10-22-16-8-6-7-15(18)11-16/h6-8,11,13-14H,5,9-10,12H2,1-4H3,(H,19,21). The van der Waals surface area contributed by atoms with Crippen LogP contribution in [-0.2, 0) is 4.79 Å². The van der Waals surface area contributed by atoms with Gasteiger partial charge in [-0.1, -0.05) is 38.4 Å². The maximum Gasteiger partial charge on any atom is 0.234 e. The number of ether oxygens (including phenoxy) is 1. The van der Waals surface area contributed by atoms with Crippen molar-refractivity contribution >= 4 is 17.5 Å². The maximum atomic E-state index is 12.0. The molecule has 1 amide bonds. The smallest absolute Gasteiger partial charge is 0.234 e. The average molecular weight is 327 g/mol. The minimum atomic E-state index is 0.0315. The maximum absolute atomic E-state index is 12.0. The van der Waals surface area contributed by atoms with Crippen LogP contribution in [-0.4, -0.2) is 43.1 Å². The Morgan fingerprint density at radius 1 is 1.36 bits per heavy atom. The lowest BCUT2D eigenvalue weighted by Gasteiger charge is -2.30.